The number of nitro benzene ring substituents is 1. The Hall–Kier alpha value is -2.96. The van der Waals surface area contributed by atoms with E-state index >= 15 is 0 Å². The van der Waals surface area contributed by atoms with Crippen molar-refractivity contribution in [3.63, 3.8) is 0 Å². The summed E-state index contributed by atoms with van der Waals surface area (Å²) in [4.78, 5) is 21.7. The molecule has 3 aromatic rings. The Morgan fingerprint density at radius 3 is 2.89 bits per heavy atom. The Labute approximate surface area is 107 Å². The van der Waals surface area contributed by atoms with Crippen LogP contribution in [0.4, 0.5) is 11.4 Å². The molecular weight excluding hydrogens is 246 g/mol. The molecule has 0 radical (unpaired) electrons. The molecule has 0 aliphatic rings. The van der Waals surface area contributed by atoms with E-state index < -0.39 is 4.92 Å². The fourth-order valence-electron chi connectivity index (χ4n) is 1.84. The summed E-state index contributed by atoms with van der Waals surface area (Å²) in [5.41, 5.74) is 8.02. The van der Waals surface area contributed by atoms with Crippen molar-refractivity contribution in [3.05, 3.63) is 46.6 Å². The molecule has 1 aromatic carbocycles. The Morgan fingerprint density at radius 2 is 2.16 bits per heavy atom. The van der Waals surface area contributed by atoms with Crippen molar-refractivity contribution in [1.29, 1.82) is 0 Å². The van der Waals surface area contributed by atoms with Gasteiger partial charge >= 0.3 is 0 Å². The molecule has 7 heteroatoms. The summed E-state index contributed by atoms with van der Waals surface area (Å²) in [7, 11) is 0. The predicted octanol–water partition coefficient (Wildman–Crippen LogP) is 2.12. The number of aromatic amines is 1. The number of hydrogen-bond donors (Lipinski definition) is 2. The van der Waals surface area contributed by atoms with Crippen molar-refractivity contribution in [2.24, 2.45) is 0 Å². The molecule has 19 heavy (non-hydrogen) atoms. The molecule has 2 aromatic heterocycles. The van der Waals surface area contributed by atoms with Gasteiger partial charge in [-0.2, -0.15) is 0 Å². The lowest BCUT2D eigenvalue weighted by molar-refractivity contribution is -0.384. The number of non-ortho nitro benzene ring substituents is 1. The largest absolute Gasteiger partial charge is 0.398 e. The second-order valence-electron chi connectivity index (χ2n) is 3.99. The van der Waals surface area contributed by atoms with Crippen LogP contribution < -0.4 is 5.73 Å². The van der Waals surface area contributed by atoms with Gasteiger partial charge in [0.05, 0.1) is 10.4 Å². The molecule has 94 valence electrons. The van der Waals surface area contributed by atoms with Crippen LogP contribution >= 0.6 is 0 Å². The molecular formula is C12H9N5O2. The second kappa shape index (κ2) is 4.05. The first-order valence-electron chi connectivity index (χ1n) is 5.50. The summed E-state index contributed by atoms with van der Waals surface area (Å²) in [5.74, 6) is 0.468. The number of nitrogens with two attached hydrogens (primary N) is 1. The first-order chi connectivity index (χ1) is 9.15. The van der Waals surface area contributed by atoms with Crippen LogP contribution in [0.5, 0.6) is 0 Å². The van der Waals surface area contributed by atoms with E-state index in [4.69, 9.17) is 5.73 Å². The first kappa shape index (κ1) is 11.1. The van der Waals surface area contributed by atoms with Gasteiger partial charge in [0.15, 0.2) is 5.65 Å². The molecule has 0 saturated heterocycles. The Bertz CT molecular complexity index is 748. The quantitative estimate of drug-likeness (QED) is 0.414. The molecule has 0 saturated carbocycles. The van der Waals surface area contributed by atoms with E-state index in [1.807, 2.05) is 6.07 Å². The maximum Gasteiger partial charge on any atom is 0.270 e. The molecule has 0 bridgehead atoms. The van der Waals surface area contributed by atoms with E-state index in [0.29, 0.717) is 22.7 Å². The Balaban J connectivity index is 2.20. The number of anilines is 1. The van der Waals surface area contributed by atoms with Crippen LogP contribution in [-0.2, 0) is 0 Å². The average Bonchev–Trinajstić information content (AvgIpc) is 2.82. The molecule has 3 rings (SSSR count). The molecule has 0 unspecified atom stereocenters. The highest BCUT2D eigenvalue weighted by Gasteiger charge is 2.14. The second-order valence-corrected chi connectivity index (χ2v) is 3.99. The van der Waals surface area contributed by atoms with E-state index in [0.717, 1.165) is 5.52 Å². The Kier molecular flexibility index (Phi) is 2.38. The fourth-order valence-corrected chi connectivity index (χ4v) is 1.84. The zero-order chi connectivity index (χ0) is 13.4. The predicted molar refractivity (Wildman–Crippen MR) is 70.4 cm³/mol. The molecule has 2 heterocycles. The molecule has 3 N–H and O–H groups in total. The molecule has 0 fully saturated rings. The number of benzene rings is 1. The maximum absolute atomic E-state index is 10.8. The minimum absolute atomic E-state index is 0.0300. The zero-order valence-corrected chi connectivity index (χ0v) is 9.70. The highest BCUT2D eigenvalue weighted by Crippen LogP contribution is 2.28. The van der Waals surface area contributed by atoms with Crippen LogP contribution in [0.15, 0.2) is 36.5 Å². The van der Waals surface area contributed by atoms with Crippen molar-refractivity contribution in [1.82, 2.24) is 15.0 Å². The highest BCUT2D eigenvalue weighted by molar-refractivity contribution is 5.81. The van der Waals surface area contributed by atoms with Gasteiger partial charge in [-0.05, 0) is 18.2 Å². The van der Waals surface area contributed by atoms with Gasteiger partial charge in [0, 0.05) is 29.6 Å². The summed E-state index contributed by atoms with van der Waals surface area (Å²) < 4.78 is 0. The lowest BCUT2D eigenvalue weighted by Crippen LogP contribution is -1.94. The lowest BCUT2D eigenvalue weighted by Gasteiger charge is -2.01. The van der Waals surface area contributed by atoms with Gasteiger partial charge in [-0.25, -0.2) is 9.97 Å². The first-order valence-corrected chi connectivity index (χ1v) is 5.50. The standard InChI is InChI=1S/C12H9N5O2/c13-9-4-3-7(17(18)19)6-8(9)11-15-10-2-1-5-14-12(10)16-11/h1-6H,13H2,(H,14,15,16). The number of nitrogen functional groups attached to an aromatic ring is 1. The van der Waals surface area contributed by atoms with Crippen molar-refractivity contribution in [3.8, 4) is 11.4 Å². The van der Waals surface area contributed by atoms with E-state index in [2.05, 4.69) is 15.0 Å². The monoisotopic (exact) mass is 255 g/mol. The van der Waals surface area contributed by atoms with Crippen molar-refractivity contribution >= 4 is 22.5 Å². The highest BCUT2D eigenvalue weighted by atomic mass is 16.6. The molecule has 0 aliphatic carbocycles. The van der Waals surface area contributed by atoms with E-state index in [9.17, 15) is 10.1 Å². The van der Waals surface area contributed by atoms with Gasteiger partial charge in [0.1, 0.15) is 5.82 Å². The molecule has 0 atom stereocenters. The smallest absolute Gasteiger partial charge is 0.270 e. The number of pyridine rings is 1. The van der Waals surface area contributed by atoms with E-state index in [1.165, 1.54) is 18.2 Å². The number of aromatic nitrogens is 3. The summed E-state index contributed by atoms with van der Waals surface area (Å²) in [5, 5.41) is 10.8. The van der Waals surface area contributed by atoms with Gasteiger partial charge in [-0.1, -0.05) is 0 Å². The van der Waals surface area contributed by atoms with Crippen LogP contribution in [-0.4, -0.2) is 19.9 Å². The maximum atomic E-state index is 10.8. The van der Waals surface area contributed by atoms with E-state index in [1.54, 1.807) is 12.3 Å². The minimum atomic E-state index is -0.468. The third-order valence-electron chi connectivity index (χ3n) is 2.76. The van der Waals surface area contributed by atoms with Gasteiger partial charge < -0.3 is 10.7 Å². The van der Waals surface area contributed by atoms with Crippen LogP contribution in [0.25, 0.3) is 22.6 Å². The average molecular weight is 255 g/mol. The number of nitro groups is 1. The van der Waals surface area contributed by atoms with Gasteiger partial charge in [0.25, 0.3) is 5.69 Å². The van der Waals surface area contributed by atoms with Crippen molar-refractivity contribution in [2.75, 3.05) is 5.73 Å². The number of nitrogens with zero attached hydrogens (tertiary/aromatic N) is 3. The van der Waals surface area contributed by atoms with Crippen molar-refractivity contribution in [2.45, 2.75) is 0 Å². The molecule has 0 aliphatic heterocycles. The number of imidazole rings is 1. The normalized spacial score (nSPS) is 10.7. The van der Waals surface area contributed by atoms with Crippen LogP contribution in [0.1, 0.15) is 0 Å². The molecule has 0 amide bonds. The minimum Gasteiger partial charge on any atom is -0.398 e. The van der Waals surface area contributed by atoms with Crippen LogP contribution in [0, 0.1) is 10.1 Å². The molecule has 0 spiro atoms. The third-order valence-corrected chi connectivity index (χ3v) is 2.76. The topological polar surface area (TPSA) is 111 Å². The van der Waals surface area contributed by atoms with Crippen molar-refractivity contribution < 1.29 is 4.92 Å². The number of fused-ring (bicyclic) bond motifs is 1. The van der Waals surface area contributed by atoms with Gasteiger partial charge in [-0.3, -0.25) is 10.1 Å². The SMILES string of the molecule is Nc1ccc([N+](=O)[O-])cc1-c1nc2ncccc2[nH]1. The number of nitrogens with one attached hydrogen (secondary N) is 1. The lowest BCUT2D eigenvalue weighted by atomic mass is 10.1. The van der Waals surface area contributed by atoms with Crippen LogP contribution in [0.2, 0.25) is 0 Å². The Morgan fingerprint density at radius 1 is 1.32 bits per heavy atom. The number of rotatable bonds is 2. The third kappa shape index (κ3) is 1.86. The number of H-pyrrole nitrogens is 1. The number of hydrogen-bond acceptors (Lipinski definition) is 5. The fraction of sp³-hybridized carbons (Fsp3) is 0. The van der Waals surface area contributed by atoms with Gasteiger partial charge in [-0.15, -0.1) is 0 Å². The zero-order valence-electron chi connectivity index (χ0n) is 9.70. The molecule has 7 nitrogen and oxygen atoms in total. The van der Waals surface area contributed by atoms with Crippen LogP contribution in [0.3, 0.4) is 0 Å². The van der Waals surface area contributed by atoms with Gasteiger partial charge in [0.2, 0.25) is 0 Å². The summed E-state index contributed by atoms with van der Waals surface area (Å²) >= 11 is 0. The van der Waals surface area contributed by atoms with E-state index in [-0.39, 0.29) is 5.69 Å². The summed E-state index contributed by atoms with van der Waals surface area (Å²) in [6, 6.07) is 7.86. The summed E-state index contributed by atoms with van der Waals surface area (Å²) in [6.45, 7) is 0. The summed E-state index contributed by atoms with van der Waals surface area (Å²) in [6.07, 6.45) is 1.63.